The molecule has 1 saturated carbocycles. The third-order valence-corrected chi connectivity index (χ3v) is 3.77. The lowest BCUT2D eigenvalue weighted by Gasteiger charge is -2.26. The monoisotopic (exact) mass is 242 g/mol. The first kappa shape index (κ1) is 13.0. The van der Waals surface area contributed by atoms with Gasteiger partial charge in [0.05, 0.1) is 6.07 Å². The van der Waals surface area contributed by atoms with Gasteiger partial charge in [0.25, 0.3) is 0 Å². The number of nitriles is 1. The molecule has 0 unspecified atom stereocenters. The molecule has 0 aliphatic heterocycles. The van der Waals surface area contributed by atoms with Crippen LogP contribution >= 0.6 is 0 Å². The highest BCUT2D eigenvalue weighted by atomic mass is 14.9. The summed E-state index contributed by atoms with van der Waals surface area (Å²) in [5.41, 5.74) is 2.63. The molecule has 2 heteroatoms. The van der Waals surface area contributed by atoms with E-state index in [1.165, 1.54) is 17.7 Å². The van der Waals surface area contributed by atoms with Crippen LogP contribution in [0.4, 0.5) is 5.69 Å². The quantitative estimate of drug-likeness (QED) is 0.861. The number of hydrogen-bond acceptors (Lipinski definition) is 2. The second-order valence-corrected chi connectivity index (χ2v) is 5.27. The lowest BCUT2D eigenvalue weighted by Crippen LogP contribution is -2.25. The fraction of sp³-hybridized carbons (Fsp3) is 0.562. The smallest absolute Gasteiger partial charge is 0.0655 e. The van der Waals surface area contributed by atoms with Crippen LogP contribution in [0.3, 0.4) is 0 Å². The predicted molar refractivity (Wildman–Crippen MR) is 75.4 cm³/mol. The van der Waals surface area contributed by atoms with Gasteiger partial charge in [-0.05, 0) is 49.8 Å². The lowest BCUT2D eigenvalue weighted by molar-refractivity contribution is 0.397. The van der Waals surface area contributed by atoms with E-state index in [0.717, 1.165) is 32.1 Å². The van der Waals surface area contributed by atoms with E-state index in [0.29, 0.717) is 6.04 Å². The summed E-state index contributed by atoms with van der Waals surface area (Å²) in [6.07, 6.45) is 6.69. The Morgan fingerprint density at radius 1 is 1.17 bits per heavy atom. The van der Waals surface area contributed by atoms with Gasteiger partial charge in [0.15, 0.2) is 0 Å². The fourth-order valence-electron chi connectivity index (χ4n) is 2.66. The van der Waals surface area contributed by atoms with E-state index >= 15 is 0 Å². The minimum Gasteiger partial charge on any atom is -0.382 e. The minimum absolute atomic E-state index is 0.287. The van der Waals surface area contributed by atoms with Crippen LogP contribution in [0.1, 0.15) is 44.6 Å². The molecule has 1 aromatic rings. The second-order valence-electron chi connectivity index (χ2n) is 5.27. The summed E-state index contributed by atoms with van der Waals surface area (Å²) in [5, 5.41) is 12.5. The molecule has 0 saturated heterocycles. The Kier molecular flexibility index (Phi) is 4.64. The maximum Gasteiger partial charge on any atom is 0.0655 e. The molecular weight excluding hydrogens is 220 g/mol. The van der Waals surface area contributed by atoms with Crippen LogP contribution in [0.15, 0.2) is 24.3 Å². The Bertz CT molecular complexity index is 394. The minimum atomic E-state index is 0.287. The van der Waals surface area contributed by atoms with Crippen molar-refractivity contribution in [1.29, 1.82) is 5.26 Å². The largest absolute Gasteiger partial charge is 0.382 e. The van der Waals surface area contributed by atoms with Crippen molar-refractivity contribution in [2.45, 2.75) is 51.5 Å². The molecule has 0 radical (unpaired) electrons. The van der Waals surface area contributed by atoms with Gasteiger partial charge >= 0.3 is 0 Å². The van der Waals surface area contributed by atoms with Crippen LogP contribution in [-0.2, 0) is 6.42 Å². The van der Waals surface area contributed by atoms with Crippen LogP contribution in [0.25, 0.3) is 0 Å². The van der Waals surface area contributed by atoms with E-state index in [-0.39, 0.29) is 5.92 Å². The molecule has 0 heterocycles. The van der Waals surface area contributed by atoms with Gasteiger partial charge in [-0.2, -0.15) is 5.26 Å². The first-order valence-electron chi connectivity index (χ1n) is 7.07. The highest BCUT2D eigenvalue weighted by Gasteiger charge is 2.20. The summed E-state index contributed by atoms with van der Waals surface area (Å²) >= 11 is 0. The fourth-order valence-corrected chi connectivity index (χ4v) is 2.66. The van der Waals surface area contributed by atoms with Gasteiger partial charge in [0.2, 0.25) is 0 Å². The number of nitrogens with zero attached hydrogens (tertiary/aromatic N) is 1. The maximum absolute atomic E-state index is 8.88. The van der Waals surface area contributed by atoms with Gasteiger partial charge in [-0.3, -0.25) is 0 Å². The Labute approximate surface area is 110 Å². The first-order valence-corrected chi connectivity index (χ1v) is 7.07. The van der Waals surface area contributed by atoms with E-state index in [9.17, 15) is 0 Å². The topological polar surface area (TPSA) is 35.8 Å². The van der Waals surface area contributed by atoms with Crippen molar-refractivity contribution in [3.05, 3.63) is 29.8 Å². The number of anilines is 1. The van der Waals surface area contributed by atoms with Gasteiger partial charge < -0.3 is 5.32 Å². The average molecular weight is 242 g/mol. The van der Waals surface area contributed by atoms with Crippen LogP contribution in [0, 0.1) is 17.2 Å². The van der Waals surface area contributed by atoms with Crippen molar-refractivity contribution < 1.29 is 0 Å². The molecule has 2 rings (SSSR count). The van der Waals surface area contributed by atoms with Gasteiger partial charge in [-0.15, -0.1) is 0 Å². The van der Waals surface area contributed by atoms with Crippen molar-refractivity contribution in [2.24, 2.45) is 5.92 Å². The SMILES string of the molecule is CCCc1ccc(NC2CCC(C#N)CC2)cc1. The Morgan fingerprint density at radius 3 is 2.39 bits per heavy atom. The second kappa shape index (κ2) is 6.44. The van der Waals surface area contributed by atoms with Gasteiger partial charge in [0, 0.05) is 17.6 Å². The molecule has 96 valence electrons. The summed E-state index contributed by atoms with van der Waals surface area (Å²) in [6.45, 7) is 2.21. The first-order chi connectivity index (χ1) is 8.81. The van der Waals surface area contributed by atoms with Crippen LogP contribution in [0.5, 0.6) is 0 Å². The molecule has 0 atom stereocenters. The Morgan fingerprint density at radius 2 is 1.83 bits per heavy atom. The van der Waals surface area contributed by atoms with Crippen molar-refractivity contribution >= 4 is 5.69 Å². The molecular formula is C16H22N2. The van der Waals surface area contributed by atoms with Crippen LogP contribution in [-0.4, -0.2) is 6.04 Å². The molecule has 0 spiro atoms. The molecule has 1 aromatic carbocycles. The van der Waals surface area contributed by atoms with E-state index in [1.807, 2.05) is 0 Å². The number of benzene rings is 1. The third kappa shape index (κ3) is 3.50. The number of rotatable bonds is 4. The summed E-state index contributed by atoms with van der Waals surface area (Å²) in [4.78, 5) is 0. The normalized spacial score (nSPS) is 23.3. The van der Waals surface area contributed by atoms with Crippen molar-refractivity contribution in [2.75, 3.05) is 5.32 Å². The van der Waals surface area contributed by atoms with Gasteiger partial charge in [-0.1, -0.05) is 25.5 Å². The predicted octanol–water partition coefficient (Wildman–Crippen LogP) is 4.13. The standard InChI is InChI=1S/C16H22N2/c1-2-3-13-4-8-15(9-5-13)18-16-10-6-14(12-17)7-11-16/h4-5,8-9,14,16,18H,2-3,6-7,10-11H2,1H3. The molecule has 18 heavy (non-hydrogen) atoms. The van der Waals surface area contributed by atoms with E-state index in [2.05, 4.69) is 42.6 Å². The maximum atomic E-state index is 8.88. The van der Waals surface area contributed by atoms with Crippen LogP contribution in [0.2, 0.25) is 0 Å². The molecule has 0 amide bonds. The van der Waals surface area contributed by atoms with Gasteiger partial charge in [-0.25, -0.2) is 0 Å². The molecule has 1 aliphatic carbocycles. The van der Waals surface area contributed by atoms with E-state index in [4.69, 9.17) is 5.26 Å². The number of nitrogens with one attached hydrogen (secondary N) is 1. The highest BCUT2D eigenvalue weighted by Crippen LogP contribution is 2.26. The summed E-state index contributed by atoms with van der Waals surface area (Å²) in [6, 6.07) is 11.7. The zero-order valence-electron chi connectivity index (χ0n) is 11.2. The molecule has 1 N–H and O–H groups in total. The Hall–Kier alpha value is -1.49. The summed E-state index contributed by atoms with van der Waals surface area (Å²) in [5.74, 6) is 0.287. The average Bonchev–Trinajstić information content (AvgIpc) is 2.42. The molecule has 1 fully saturated rings. The zero-order valence-corrected chi connectivity index (χ0v) is 11.2. The highest BCUT2D eigenvalue weighted by molar-refractivity contribution is 5.45. The summed E-state index contributed by atoms with van der Waals surface area (Å²) < 4.78 is 0. The molecule has 2 nitrogen and oxygen atoms in total. The van der Waals surface area contributed by atoms with Crippen molar-refractivity contribution in [3.63, 3.8) is 0 Å². The van der Waals surface area contributed by atoms with Gasteiger partial charge in [0.1, 0.15) is 0 Å². The van der Waals surface area contributed by atoms with Crippen molar-refractivity contribution in [1.82, 2.24) is 0 Å². The van der Waals surface area contributed by atoms with Crippen molar-refractivity contribution in [3.8, 4) is 6.07 Å². The van der Waals surface area contributed by atoms with E-state index in [1.54, 1.807) is 0 Å². The number of aryl methyl sites for hydroxylation is 1. The summed E-state index contributed by atoms with van der Waals surface area (Å²) in [7, 11) is 0. The molecule has 1 aliphatic rings. The third-order valence-electron chi connectivity index (χ3n) is 3.77. The molecule has 0 bridgehead atoms. The zero-order chi connectivity index (χ0) is 12.8. The number of hydrogen-bond donors (Lipinski definition) is 1. The van der Waals surface area contributed by atoms with Crippen LogP contribution < -0.4 is 5.32 Å². The van der Waals surface area contributed by atoms with E-state index < -0.39 is 0 Å². The molecule has 0 aromatic heterocycles. The lowest BCUT2D eigenvalue weighted by atomic mass is 9.87. The Balaban J connectivity index is 1.85.